The van der Waals surface area contributed by atoms with E-state index in [-0.39, 0.29) is 5.91 Å². The fraction of sp³-hybridized carbons (Fsp3) is 0.368. The first-order chi connectivity index (χ1) is 12.1. The Kier molecular flexibility index (Phi) is 5.19. The van der Waals surface area contributed by atoms with Crippen LogP contribution in [0.15, 0.2) is 42.5 Å². The molecule has 0 saturated carbocycles. The van der Waals surface area contributed by atoms with Crippen molar-refractivity contribution in [2.24, 2.45) is 0 Å². The van der Waals surface area contributed by atoms with E-state index in [1.807, 2.05) is 46.2 Å². The second-order valence-corrected chi connectivity index (χ2v) is 6.18. The van der Waals surface area contributed by atoms with Crippen molar-refractivity contribution in [1.29, 1.82) is 0 Å². The summed E-state index contributed by atoms with van der Waals surface area (Å²) in [7, 11) is 1.64. The summed E-state index contributed by atoms with van der Waals surface area (Å²) < 4.78 is 5.16. The van der Waals surface area contributed by atoms with Crippen molar-refractivity contribution in [2.45, 2.75) is 19.6 Å². The molecule has 0 bridgehead atoms. The fourth-order valence-corrected chi connectivity index (χ4v) is 2.87. The van der Waals surface area contributed by atoms with Gasteiger partial charge in [0.2, 0.25) is 5.91 Å². The van der Waals surface area contributed by atoms with Crippen molar-refractivity contribution in [2.75, 3.05) is 31.6 Å². The Bertz CT molecular complexity index is 731. The van der Waals surface area contributed by atoms with E-state index in [0.29, 0.717) is 25.3 Å². The molecule has 3 rings (SSSR count). The predicted molar refractivity (Wildman–Crippen MR) is 95.5 cm³/mol. The van der Waals surface area contributed by atoms with Crippen LogP contribution in [-0.4, -0.2) is 47.6 Å². The lowest BCUT2D eigenvalue weighted by molar-refractivity contribution is -0.131. The highest BCUT2D eigenvalue weighted by Gasteiger charge is 2.25. The summed E-state index contributed by atoms with van der Waals surface area (Å²) in [5, 5.41) is 9.68. The molecule has 25 heavy (non-hydrogen) atoms. The third-order valence-electron chi connectivity index (χ3n) is 4.36. The van der Waals surface area contributed by atoms with Gasteiger partial charge in [0.1, 0.15) is 11.6 Å². The molecule has 0 unspecified atom stereocenters. The fourth-order valence-electron chi connectivity index (χ4n) is 2.87. The Morgan fingerprint density at radius 1 is 1.20 bits per heavy atom. The zero-order chi connectivity index (χ0) is 17.8. The van der Waals surface area contributed by atoms with Gasteiger partial charge in [0.05, 0.1) is 25.5 Å². The van der Waals surface area contributed by atoms with Gasteiger partial charge in [-0.25, -0.2) is 4.98 Å². The van der Waals surface area contributed by atoms with Crippen LogP contribution in [0.1, 0.15) is 24.3 Å². The molecule has 1 saturated heterocycles. The summed E-state index contributed by atoms with van der Waals surface area (Å²) in [6.07, 6.45) is -0.619. The number of aliphatic hydroxyl groups is 1. The standard InChI is InChI=1S/C19H23N3O3/c1-14(23)17-4-3-5-18(20-17)21-10-11-22(19(24)13-21)12-15-6-8-16(25-2)9-7-15/h3-9,14,23H,10-13H2,1-2H3/t14-/m0/s1. The maximum atomic E-state index is 12.5. The van der Waals surface area contributed by atoms with Gasteiger partial charge < -0.3 is 19.6 Å². The third-order valence-corrected chi connectivity index (χ3v) is 4.36. The van der Waals surface area contributed by atoms with Crippen LogP contribution in [-0.2, 0) is 11.3 Å². The van der Waals surface area contributed by atoms with E-state index in [0.717, 1.165) is 23.7 Å². The zero-order valence-corrected chi connectivity index (χ0v) is 14.6. The number of carbonyl (C=O) groups excluding carboxylic acids is 1. The second kappa shape index (κ2) is 7.53. The summed E-state index contributed by atoms with van der Waals surface area (Å²) in [4.78, 5) is 20.8. The lowest BCUT2D eigenvalue weighted by atomic mass is 10.2. The van der Waals surface area contributed by atoms with Gasteiger partial charge in [-0.05, 0) is 36.8 Å². The molecule has 1 aliphatic rings. The molecule has 0 aliphatic carbocycles. The molecule has 2 heterocycles. The minimum absolute atomic E-state index is 0.0753. The molecular weight excluding hydrogens is 318 g/mol. The lowest BCUT2D eigenvalue weighted by Crippen LogP contribution is -2.50. The molecule has 1 aromatic carbocycles. The number of nitrogens with zero attached hydrogens (tertiary/aromatic N) is 3. The number of methoxy groups -OCH3 is 1. The predicted octanol–water partition coefficient (Wildman–Crippen LogP) is 1.99. The highest BCUT2D eigenvalue weighted by atomic mass is 16.5. The number of amides is 1. The summed E-state index contributed by atoms with van der Waals surface area (Å²) >= 11 is 0. The van der Waals surface area contributed by atoms with Crippen molar-refractivity contribution in [1.82, 2.24) is 9.88 Å². The van der Waals surface area contributed by atoms with Crippen LogP contribution in [0.2, 0.25) is 0 Å². The Balaban J connectivity index is 1.64. The Morgan fingerprint density at radius 2 is 1.96 bits per heavy atom. The number of benzene rings is 1. The van der Waals surface area contributed by atoms with Gasteiger partial charge in [-0.1, -0.05) is 18.2 Å². The minimum Gasteiger partial charge on any atom is -0.497 e. The highest BCUT2D eigenvalue weighted by molar-refractivity contribution is 5.82. The maximum absolute atomic E-state index is 12.5. The van der Waals surface area contributed by atoms with Crippen LogP contribution in [0.5, 0.6) is 5.75 Å². The Morgan fingerprint density at radius 3 is 2.60 bits per heavy atom. The third kappa shape index (κ3) is 4.09. The molecular formula is C19H23N3O3. The molecule has 0 radical (unpaired) electrons. The van der Waals surface area contributed by atoms with Crippen molar-refractivity contribution in [3.05, 3.63) is 53.7 Å². The monoisotopic (exact) mass is 341 g/mol. The van der Waals surface area contributed by atoms with E-state index in [9.17, 15) is 9.90 Å². The first-order valence-corrected chi connectivity index (χ1v) is 8.37. The van der Waals surface area contributed by atoms with Gasteiger partial charge in [-0.3, -0.25) is 4.79 Å². The van der Waals surface area contributed by atoms with Gasteiger partial charge in [0.25, 0.3) is 0 Å². The maximum Gasteiger partial charge on any atom is 0.242 e. The highest BCUT2D eigenvalue weighted by Crippen LogP contribution is 2.19. The number of pyridine rings is 1. The van der Waals surface area contributed by atoms with Crippen molar-refractivity contribution >= 4 is 11.7 Å². The van der Waals surface area contributed by atoms with Gasteiger partial charge >= 0.3 is 0 Å². The summed E-state index contributed by atoms with van der Waals surface area (Å²) in [6.45, 7) is 3.94. The molecule has 6 nitrogen and oxygen atoms in total. The molecule has 2 aromatic rings. The first kappa shape index (κ1) is 17.2. The normalized spacial score (nSPS) is 16.0. The van der Waals surface area contributed by atoms with Crippen molar-refractivity contribution in [3.63, 3.8) is 0 Å². The molecule has 1 aliphatic heterocycles. The molecule has 1 fully saturated rings. The van der Waals surface area contributed by atoms with Crippen LogP contribution in [0.3, 0.4) is 0 Å². The second-order valence-electron chi connectivity index (χ2n) is 6.18. The summed E-state index contributed by atoms with van der Waals surface area (Å²) in [5.41, 5.74) is 1.70. The molecule has 6 heteroatoms. The van der Waals surface area contributed by atoms with Crippen LogP contribution >= 0.6 is 0 Å². The molecule has 132 valence electrons. The van der Waals surface area contributed by atoms with Crippen molar-refractivity contribution in [3.8, 4) is 5.75 Å². The number of rotatable bonds is 5. The number of aromatic nitrogens is 1. The van der Waals surface area contributed by atoms with Gasteiger partial charge in [0, 0.05) is 19.6 Å². The topological polar surface area (TPSA) is 65.9 Å². The molecule has 1 atom stereocenters. The van der Waals surface area contributed by atoms with E-state index in [2.05, 4.69) is 4.98 Å². The summed E-state index contributed by atoms with van der Waals surface area (Å²) in [6, 6.07) is 13.3. The average Bonchev–Trinajstić information content (AvgIpc) is 2.64. The van der Waals surface area contributed by atoms with Crippen LogP contribution in [0.4, 0.5) is 5.82 Å². The number of hydrogen-bond donors (Lipinski definition) is 1. The van der Waals surface area contributed by atoms with Crippen LogP contribution in [0, 0.1) is 0 Å². The first-order valence-electron chi connectivity index (χ1n) is 8.37. The Hall–Kier alpha value is -2.60. The smallest absolute Gasteiger partial charge is 0.242 e. The van der Waals surface area contributed by atoms with Crippen LogP contribution < -0.4 is 9.64 Å². The average molecular weight is 341 g/mol. The van der Waals surface area contributed by atoms with E-state index in [1.165, 1.54) is 0 Å². The largest absolute Gasteiger partial charge is 0.497 e. The van der Waals surface area contributed by atoms with Crippen molar-refractivity contribution < 1.29 is 14.6 Å². The number of ether oxygens (including phenoxy) is 1. The molecule has 1 aromatic heterocycles. The molecule has 0 spiro atoms. The van der Waals surface area contributed by atoms with E-state index in [4.69, 9.17) is 4.74 Å². The van der Waals surface area contributed by atoms with Gasteiger partial charge in [-0.15, -0.1) is 0 Å². The zero-order valence-electron chi connectivity index (χ0n) is 14.6. The van der Waals surface area contributed by atoms with E-state index < -0.39 is 6.10 Å². The van der Waals surface area contributed by atoms with E-state index in [1.54, 1.807) is 20.1 Å². The number of carbonyl (C=O) groups is 1. The lowest BCUT2D eigenvalue weighted by Gasteiger charge is -2.35. The number of anilines is 1. The van der Waals surface area contributed by atoms with Gasteiger partial charge in [0.15, 0.2) is 0 Å². The molecule has 1 amide bonds. The van der Waals surface area contributed by atoms with Gasteiger partial charge in [-0.2, -0.15) is 0 Å². The van der Waals surface area contributed by atoms with E-state index >= 15 is 0 Å². The Labute approximate surface area is 147 Å². The number of hydrogen-bond acceptors (Lipinski definition) is 5. The number of piperazine rings is 1. The molecule has 1 N–H and O–H groups in total. The summed E-state index contributed by atoms with van der Waals surface area (Å²) in [5.74, 6) is 1.62. The minimum atomic E-state index is -0.619. The quantitative estimate of drug-likeness (QED) is 0.901. The number of aliphatic hydroxyl groups excluding tert-OH is 1. The van der Waals surface area contributed by atoms with Crippen LogP contribution in [0.25, 0.3) is 0 Å². The SMILES string of the molecule is COc1ccc(CN2CCN(c3cccc([C@H](C)O)n3)CC2=O)cc1.